The number of hydrogen-bond acceptors (Lipinski definition) is 6. The Balaban J connectivity index is 1.73. The van der Waals surface area contributed by atoms with Crippen LogP contribution in [0.2, 0.25) is 0 Å². The molecule has 150 valence electrons. The van der Waals surface area contributed by atoms with E-state index in [0.717, 1.165) is 5.75 Å². The first-order chi connectivity index (χ1) is 13.3. The molecule has 8 nitrogen and oxygen atoms in total. The number of esters is 1. The molecule has 0 aliphatic heterocycles. The molecule has 1 amide bonds. The predicted octanol–water partition coefficient (Wildman–Crippen LogP) is 2.06. The summed E-state index contributed by atoms with van der Waals surface area (Å²) in [6, 6.07) is 14.6. The van der Waals surface area contributed by atoms with Gasteiger partial charge in [0, 0.05) is 12.1 Å². The van der Waals surface area contributed by atoms with Crippen molar-refractivity contribution in [1.82, 2.24) is 0 Å². The van der Waals surface area contributed by atoms with Crippen LogP contribution < -0.4 is 15.2 Å². The zero-order chi connectivity index (χ0) is 20.6. The molecule has 0 spiro atoms. The Morgan fingerprint density at radius 2 is 1.71 bits per heavy atom. The smallest absolute Gasteiger partial charge is 0.306 e. The Morgan fingerprint density at radius 1 is 1.07 bits per heavy atom. The SMILES string of the molecule is C[C@@H](OC(=O)CCCOc1ccccc1)C(=O)Nc1ccc(S(N)(=O)=O)cc1. The van der Waals surface area contributed by atoms with Crippen LogP contribution in [0.25, 0.3) is 0 Å². The van der Waals surface area contributed by atoms with Gasteiger partial charge in [0.1, 0.15) is 5.75 Å². The number of para-hydroxylation sites is 1. The third kappa shape index (κ3) is 7.01. The molecule has 2 rings (SSSR count). The first-order valence-electron chi connectivity index (χ1n) is 8.57. The van der Waals surface area contributed by atoms with Crippen molar-refractivity contribution in [1.29, 1.82) is 0 Å². The fraction of sp³-hybridized carbons (Fsp3) is 0.263. The van der Waals surface area contributed by atoms with Crippen molar-refractivity contribution in [2.75, 3.05) is 11.9 Å². The maximum Gasteiger partial charge on any atom is 0.306 e. The summed E-state index contributed by atoms with van der Waals surface area (Å²) >= 11 is 0. The molecule has 0 bridgehead atoms. The van der Waals surface area contributed by atoms with Crippen LogP contribution in [0.5, 0.6) is 5.75 Å². The number of hydrogen-bond donors (Lipinski definition) is 2. The number of anilines is 1. The van der Waals surface area contributed by atoms with E-state index in [4.69, 9.17) is 14.6 Å². The summed E-state index contributed by atoms with van der Waals surface area (Å²) < 4.78 is 33.0. The number of nitrogens with one attached hydrogen (secondary N) is 1. The number of benzene rings is 2. The zero-order valence-electron chi connectivity index (χ0n) is 15.3. The van der Waals surface area contributed by atoms with E-state index < -0.39 is 28.0 Å². The third-order valence-electron chi connectivity index (χ3n) is 3.67. The quantitative estimate of drug-likeness (QED) is 0.485. The Hall–Kier alpha value is -2.91. The van der Waals surface area contributed by atoms with Crippen molar-refractivity contribution in [3.05, 3.63) is 54.6 Å². The molecule has 0 radical (unpaired) electrons. The topological polar surface area (TPSA) is 125 Å². The van der Waals surface area contributed by atoms with E-state index in [9.17, 15) is 18.0 Å². The molecule has 0 fully saturated rings. The van der Waals surface area contributed by atoms with Gasteiger partial charge in [-0.15, -0.1) is 0 Å². The number of rotatable bonds is 9. The van der Waals surface area contributed by atoms with Gasteiger partial charge < -0.3 is 14.8 Å². The molecule has 0 aromatic heterocycles. The summed E-state index contributed by atoms with van der Waals surface area (Å²) in [4.78, 5) is 23.9. The van der Waals surface area contributed by atoms with E-state index in [1.54, 1.807) is 0 Å². The van der Waals surface area contributed by atoms with Gasteiger partial charge in [-0.1, -0.05) is 18.2 Å². The van der Waals surface area contributed by atoms with E-state index in [2.05, 4.69) is 5.32 Å². The van der Waals surface area contributed by atoms with Gasteiger partial charge in [-0.05, 0) is 49.7 Å². The fourth-order valence-corrected chi connectivity index (χ4v) is 2.72. The molecule has 0 unspecified atom stereocenters. The minimum Gasteiger partial charge on any atom is -0.494 e. The fourth-order valence-electron chi connectivity index (χ4n) is 2.20. The van der Waals surface area contributed by atoms with Crippen LogP contribution in [0.3, 0.4) is 0 Å². The number of primary sulfonamides is 1. The van der Waals surface area contributed by atoms with Crippen molar-refractivity contribution in [2.24, 2.45) is 5.14 Å². The summed E-state index contributed by atoms with van der Waals surface area (Å²) in [6.45, 7) is 1.81. The van der Waals surface area contributed by atoms with Crippen LogP contribution in [0.4, 0.5) is 5.69 Å². The van der Waals surface area contributed by atoms with E-state index >= 15 is 0 Å². The van der Waals surface area contributed by atoms with Crippen molar-refractivity contribution in [3.8, 4) is 5.75 Å². The number of carbonyl (C=O) groups excluding carboxylic acids is 2. The highest BCUT2D eigenvalue weighted by Crippen LogP contribution is 2.13. The summed E-state index contributed by atoms with van der Waals surface area (Å²) in [7, 11) is -3.80. The number of sulfonamides is 1. The Bertz CT molecular complexity index is 898. The largest absolute Gasteiger partial charge is 0.494 e. The van der Waals surface area contributed by atoms with Crippen LogP contribution >= 0.6 is 0 Å². The van der Waals surface area contributed by atoms with Crippen molar-refractivity contribution < 1.29 is 27.5 Å². The lowest BCUT2D eigenvalue weighted by atomic mass is 10.3. The number of carbonyl (C=O) groups is 2. The lowest BCUT2D eigenvalue weighted by Crippen LogP contribution is -2.30. The second-order valence-corrected chi connectivity index (χ2v) is 7.52. The standard InChI is InChI=1S/C19H22N2O6S/c1-14(19(23)21-15-9-11-17(12-10-15)28(20,24)25)27-18(22)8-5-13-26-16-6-3-2-4-7-16/h2-4,6-7,9-12,14H,5,8,13H2,1H3,(H,21,23)(H2,20,24,25)/t14-/m1/s1. The molecule has 0 aliphatic rings. The first kappa shape index (κ1) is 21.4. The minimum absolute atomic E-state index is 0.0669. The van der Waals surface area contributed by atoms with E-state index in [-0.39, 0.29) is 11.3 Å². The molecule has 0 saturated heterocycles. The van der Waals surface area contributed by atoms with Gasteiger partial charge in [0.05, 0.1) is 11.5 Å². The summed E-state index contributed by atoms with van der Waals surface area (Å²) in [6.07, 6.45) is -0.426. The van der Waals surface area contributed by atoms with E-state index in [0.29, 0.717) is 18.7 Å². The van der Waals surface area contributed by atoms with Crippen LogP contribution in [0.15, 0.2) is 59.5 Å². The maximum absolute atomic E-state index is 12.1. The van der Waals surface area contributed by atoms with Gasteiger partial charge in [-0.2, -0.15) is 0 Å². The molecule has 0 aliphatic carbocycles. The third-order valence-corrected chi connectivity index (χ3v) is 4.59. The molecule has 28 heavy (non-hydrogen) atoms. The molecule has 3 N–H and O–H groups in total. The summed E-state index contributed by atoms with van der Waals surface area (Å²) in [5.74, 6) is -0.321. The number of ether oxygens (including phenoxy) is 2. The van der Waals surface area contributed by atoms with Gasteiger partial charge in [-0.3, -0.25) is 9.59 Å². The molecule has 0 saturated carbocycles. The van der Waals surface area contributed by atoms with Crippen molar-refractivity contribution in [2.45, 2.75) is 30.8 Å². The lowest BCUT2D eigenvalue weighted by Gasteiger charge is -2.14. The van der Waals surface area contributed by atoms with Crippen molar-refractivity contribution in [3.63, 3.8) is 0 Å². The summed E-state index contributed by atoms with van der Waals surface area (Å²) in [5.41, 5.74) is 0.358. The van der Waals surface area contributed by atoms with Crippen molar-refractivity contribution >= 4 is 27.6 Å². The molecule has 9 heteroatoms. The predicted molar refractivity (Wildman–Crippen MR) is 103 cm³/mol. The van der Waals surface area contributed by atoms with Crippen LogP contribution in [-0.2, 0) is 24.3 Å². The molecule has 0 heterocycles. The highest BCUT2D eigenvalue weighted by molar-refractivity contribution is 7.89. The lowest BCUT2D eigenvalue weighted by molar-refractivity contribution is -0.153. The minimum atomic E-state index is -3.80. The molecular formula is C19H22N2O6S. The average molecular weight is 406 g/mol. The highest BCUT2D eigenvalue weighted by atomic mass is 32.2. The molecule has 1 atom stereocenters. The number of nitrogens with two attached hydrogens (primary N) is 1. The van der Waals surface area contributed by atoms with Gasteiger partial charge >= 0.3 is 5.97 Å². The first-order valence-corrected chi connectivity index (χ1v) is 10.1. The number of amides is 1. The van der Waals surface area contributed by atoms with Gasteiger partial charge in [0.25, 0.3) is 5.91 Å². The Labute approximate surface area is 163 Å². The second kappa shape index (κ2) is 9.86. The normalized spacial score (nSPS) is 12.1. The second-order valence-electron chi connectivity index (χ2n) is 5.96. The summed E-state index contributed by atoms with van der Waals surface area (Å²) in [5, 5.41) is 7.55. The Kier molecular flexibility index (Phi) is 7.53. The van der Waals surface area contributed by atoms with Crippen LogP contribution in [0, 0.1) is 0 Å². The average Bonchev–Trinajstić information content (AvgIpc) is 2.65. The maximum atomic E-state index is 12.1. The van der Waals surface area contributed by atoms with E-state index in [1.807, 2.05) is 30.3 Å². The van der Waals surface area contributed by atoms with Gasteiger partial charge in [0.2, 0.25) is 10.0 Å². The van der Waals surface area contributed by atoms with Crippen LogP contribution in [0.1, 0.15) is 19.8 Å². The van der Waals surface area contributed by atoms with E-state index in [1.165, 1.54) is 31.2 Å². The Morgan fingerprint density at radius 3 is 2.32 bits per heavy atom. The molecular weight excluding hydrogens is 384 g/mol. The molecule has 2 aromatic carbocycles. The van der Waals surface area contributed by atoms with Gasteiger partial charge in [0.15, 0.2) is 6.10 Å². The van der Waals surface area contributed by atoms with Crippen LogP contribution in [-0.4, -0.2) is 33.0 Å². The molecule has 2 aromatic rings. The highest BCUT2D eigenvalue weighted by Gasteiger charge is 2.18. The van der Waals surface area contributed by atoms with Gasteiger partial charge in [-0.25, -0.2) is 13.6 Å². The zero-order valence-corrected chi connectivity index (χ0v) is 16.1. The monoisotopic (exact) mass is 406 g/mol.